The molecule has 0 aliphatic carbocycles. The minimum Gasteiger partial charge on any atom is -0.395 e. The van der Waals surface area contributed by atoms with Gasteiger partial charge >= 0.3 is 32.8 Å². The Morgan fingerprint density at radius 2 is 0.926 bits per heavy atom. The van der Waals surface area contributed by atoms with Crippen LogP contribution in [0.4, 0.5) is 19.2 Å². The number of carbonyl (C=O) groups is 4. The first-order valence-corrected chi connectivity index (χ1v) is 8.50. The minimum absolute atomic E-state index is 0.0401. The maximum atomic E-state index is 11.6. The fourth-order valence-electron chi connectivity index (χ4n) is 1.53. The summed E-state index contributed by atoms with van der Waals surface area (Å²) in [6.45, 7) is 0. The van der Waals surface area contributed by atoms with Crippen molar-refractivity contribution in [3.63, 3.8) is 0 Å². The van der Waals surface area contributed by atoms with Crippen molar-refractivity contribution in [1.82, 2.24) is 0 Å². The molecule has 0 spiro atoms. The lowest BCUT2D eigenvalue weighted by Crippen LogP contribution is -2.30. The molecule has 0 amide bonds. The molecule has 0 bridgehead atoms. The van der Waals surface area contributed by atoms with Gasteiger partial charge in [0.05, 0.1) is 0 Å². The number of hydrogen-bond donors (Lipinski definition) is 0. The molecular weight excluding hydrogens is 384 g/mol. The quantitative estimate of drug-likeness (QED) is 0.424. The summed E-state index contributed by atoms with van der Waals surface area (Å²) in [4.78, 5) is 45.7. The van der Waals surface area contributed by atoms with Gasteiger partial charge in [-0.1, -0.05) is 36.4 Å². The molecule has 2 aromatic carbocycles. The van der Waals surface area contributed by atoms with Crippen LogP contribution in [0.15, 0.2) is 60.7 Å². The van der Waals surface area contributed by atoms with Gasteiger partial charge in [-0.05, 0) is 24.3 Å². The van der Waals surface area contributed by atoms with E-state index in [2.05, 4.69) is 18.9 Å². The topological polar surface area (TPSA) is 139 Å². The molecule has 0 saturated heterocycles. The van der Waals surface area contributed by atoms with Gasteiger partial charge in [0.15, 0.2) is 0 Å². The second-order valence-electron chi connectivity index (χ2n) is 4.54. The summed E-state index contributed by atoms with van der Waals surface area (Å²) in [7, 11) is -5.44. The summed E-state index contributed by atoms with van der Waals surface area (Å²) in [5.41, 5.74) is 0. The van der Waals surface area contributed by atoms with Crippen LogP contribution in [0.1, 0.15) is 0 Å². The van der Waals surface area contributed by atoms with E-state index in [0.717, 1.165) is 0 Å². The van der Waals surface area contributed by atoms with Crippen LogP contribution in [0, 0.1) is 0 Å². The van der Waals surface area contributed by atoms with Gasteiger partial charge in [-0.2, -0.15) is 0 Å². The molecule has 0 fully saturated rings. The molecule has 0 heterocycles. The van der Waals surface area contributed by atoms with Crippen LogP contribution in [0.5, 0.6) is 11.5 Å². The van der Waals surface area contributed by atoms with Crippen molar-refractivity contribution in [1.29, 1.82) is 0 Å². The highest BCUT2D eigenvalue weighted by atomic mass is 32.2. The summed E-state index contributed by atoms with van der Waals surface area (Å²) in [5, 5.41) is -4.55. The average Bonchev–Trinajstić information content (AvgIpc) is 2.63. The van der Waals surface area contributed by atoms with Crippen LogP contribution in [0.2, 0.25) is 0 Å². The lowest BCUT2D eigenvalue weighted by molar-refractivity contribution is 0.125. The number of hydrogen-bond acceptors (Lipinski definition) is 10. The molecule has 0 saturated carbocycles. The van der Waals surface area contributed by atoms with Crippen molar-refractivity contribution < 1.29 is 46.5 Å². The minimum atomic E-state index is -5.44. The third-order valence-corrected chi connectivity index (χ3v) is 3.71. The van der Waals surface area contributed by atoms with E-state index in [1.165, 1.54) is 48.5 Å². The van der Waals surface area contributed by atoms with Gasteiger partial charge in [-0.15, -0.1) is 0 Å². The monoisotopic (exact) mass is 394 g/mol. The van der Waals surface area contributed by atoms with Crippen LogP contribution in [0.3, 0.4) is 0 Å². The number of sulfone groups is 1. The van der Waals surface area contributed by atoms with Crippen molar-refractivity contribution in [2.75, 3.05) is 0 Å². The highest BCUT2D eigenvalue weighted by molar-refractivity contribution is 8.18. The second-order valence-corrected chi connectivity index (χ2v) is 6.21. The number of rotatable bonds is 2. The fraction of sp³-hybridized carbons (Fsp3) is 0. The first-order chi connectivity index (χ1) is 12.8. The van der Waals surface area contributed by atoms with E-state index in [1.54, 1.807) is 12.1 Å². The standard InChI is InChI=1S/C16H10O10S/c17-13(23-11-7-3-1-4-8-11)25-15(19)27(21,22)16(20)26-14(18)24-12-9-5-2-6-10-12/h1-10H. The molecule has 0 unspecified atom stereocenters. The van der Waals surface area contributed by atoms with Crippen molar-refractivity contribution in [2.45, 2.75) is 0 Å². The molecule has 2 rings (SSSR count). The van der Waals surface area contributed by atoms with Gasteiger partial charge in [0.2, 0.25) is 0 Å². The summed E-state index contributed by atoms with van der Waals surface area (Å²) in [6, 6.07) is 14.5. The van der Waals surface area contributed by atoms with E-state index < -0.39 is 32.8 Å². The van der Waals surface area contributed by atoms with Gasteiger partial charge in [0, 0.05) is 0 Å². The number of para-hydroxylation sites is 2. The van der Waals surface area contributed by atoms with Gasteiger partial charge in [-0.3, -0.25) is 0 Å². The van der Waals surface area contributed by atoms with Crippen LogP contribution in [0.25, 0.3) is 0 Å². The average molecular weight is 394 g/mol. The molecule has 0 aliphatic rings. The van der Waals surface area contributed by atoms with Gasteiger partial charge in [-0.25, -0.2) is 27.6 Å². The number of benzene rings is 2. The molecule has 0 aromatic heterocycles. The second kappa shape index (κ2) is 8.58. The van der Waals surface area contributed by atoms with Gasteiger partial charge in [0.25, 0.3) is 0 Å². The smallest absolute Gasteiger partial charge is 0.395 e. The zero-order valence-corrected chi connectivity index (χ0v) is 14.1. The SMILES string of the molecule is O=C(OC(=O)S(=O)(=O)C(=O)OC(=O)Oc1ccccc1)Oc1ccccc1. The molecule has 0 aliphatic heterocycles. The van der Waals surface area contributed by atoms with Crippen molar-refractivity contribution in [3.8, 4) is 11.5 Å². The summed E-state index contributed by atoms with van der Waals surface area (Å²) < 4.78 is 40.1. The molecule has 0 atom stereocenters. The summed E-state index contributed by atoms with van der Waals surface area (Å²) >= 11 is 0. The molecule has 10 nitrogen and oxygen atoms in total. The van der Waals surface area contributed by atoms with E-state index in [9.17, 15) is 27.6 Å². The fourth-order valence-corrected chi connectivity index (χ4v) is 2.02. The Hall–Kier alpha value is -3.73. The van der Waals surface area contributed by atoms with Crippen molar-refractivity contribution in [3.05, 3.63) is 60.7 Å². The number of carbonyl (C=O) groups excluding carboxylic acids is 4. The van der Waals surface area contributed by atoms with E-state index in [1.807, 2.05) is 0 Å². The van der Waals surface area contributed by atoms with E-state index in [4.69, 9.17) is 0 Å². The van der Waals surface area contributed by atoms with Gasteiger partial charge in [0.1, 0.15) is 11.5 Å². The maximum absolute atomic E-state index is 11.6. The molecule has 0 radical (unpaired) electrons. The summed E-state index contributed by atoms with van der Waals surface area (Å²) in [5.74, 6) is -0.0802. The van der Waals surface area contributed by atoms with Crippen molar-refractivity contribution in [2.24, 2.45) is 0 Å². The first-order valence-electron chi connectivity index (χ1n) is 7.01. The highest BCUT2D eigenvalue weighted by Gasteiger charge is 2.39. The van der Waals surface area contributed by atoms with E-state index in [0.29, 0.717) is 0 Å². The molecule has 11 heteroatoms. The zero-order valence-electron chi connectivity index (χ0n) is 13.3. The number of ether oxygens (including phenoxy) is 4. The normalized spacial score (nSPS) is 10.4. The summed E-state index contributed by atoms with van der Waals surface area (Å²) in [6.07, 6.45) is -3.40. The zero-order chi connectivity index (χ0) is 19.9. The van der Waals surface area contributed by atoms with Crippen LogP contribution < -0.4 is 9.47 Å². The highest BCUT2D eigenvalue weighted by Crippen LogP contribution is 2.12. The Balaban J connectivity index is 1.93. The largest absolute Gasteiger partial charge is 0.522 e. The lowest BCUT2D eigenvalue weighted by atomic mass is 10.3. The third kappa shape index (κ3) is 5.64. The molecule has 2 aromatic rings. The van der Waals surface area contributed by atoms with Crippen LogP contribution >= 0.6 is 0 Å². The predicted molar refractivity (Wildman–Crippen MR) is 86.8 cm³/mol. The van der Waals surface area contributed by atoms with Crippen LogP contribution in [-0.2, 0) is 19.3 Å². The Morgan fingerprint density at radius 3 is 1.26 bits per heavy atom. The molecule has 140 valence electrons. The first kappa shape index (κ1) is 19.6. The third-order valence-electron chi connectivity index (χ3n) is 2.66. The molecule has 0 N–H and O–H groups in total. The maximum Gasteiger partial charge on any atom is 0.522 e. The Morgan fingerprint density at radius 1 is 0.593 bits per heavy atom. The van der Waals surface area contributed by atoms with Crippen molar-refractivity contribution >= 4 is 32.8 Å². The Kier molecular flexibility index (Phi) is 6.23. The Labute approximate surface area is 152 Å². The molecular formula is C16H10O10S. The predicted octanol–water partition coefficient (Wildman–Crippen LogP) is 3.07. The lowest BCUT2D eigenvalue weighted by Gasteiger charge is -2.05. The Bertz CT molecular complexity index is 878. The molecule has 27 heavy (non-hydrogen) atoms. The van der Waals surface area contributed by atoms with E-state index >= 15 is 0 Å². The van der Waals surface area contributed by atoms with Crippen LogP contribution in [-0.4, -0.2) is 31.3 Å². The van der Waals surface area contributed by atoms with E-state index in [-0.39, 0.29) is 11.5 Å². The van der Waals surface area contributed by atoms with Gasteiger partial charge < -0.3 is 18.9 Å².